The fraction of sp³-hybridized carbons (Fsp3) is 0. The molecule has 0 saturated heterocycles. The molecule has 0 fully saturated rings. The number of nitrogens with zero attached hydrogens (tertiary/aromatic N) is 2. The lowest BCUT2D eigenvalue weighted by atomic mass is 10.0. The van der Waals surface area contributed by atoms with E-state index in [9.17, 15) is 0 Å². The van der Waals surface area contributed by atoms with E-state index >= 15 is 0 Å². The second-order valence-corrected chi connectivity index (χ2v) is 13.0. The number of furan rings is 1. The molecular weight excluding hydrogens is 597 g/mol. The predicted molar refractivity (Wildman–Crippen MR) is 205 cm³/mol. The Labute approximate surface area is 281 Å². The van der Waals surface area contributed by atoms with Gasteiger partial charge in [-0.3, -0.25) is 0 Å². The van der Waals surface area contributed by atoms with Crippen molar-refractivity contribution in [1.82, 2.24) is 9.13 Å². The first-order valence-electron chi connectivity index (χ1n) is 16.8. The molecule has 3 heteroatoms. The molecule has 0 saturated carbocycles. The van der Waals surface area contributed by atoms with E-state index in [2.05, 4.69) is 173 Å². The number of rotatable bonds is 3. The quantitative estimate of drug-likeness (QED) is 0.192. The van der Waals surface area contributed by atoms with Gasteiger partial charge in [0.1, 0.15) is 11.2 Å². The predicted octanol–water partition coefficient (Wildman–Crippen LogP) is 12.6. The van der Waals surface area contributed by atoms with Gasteiger partial charge >= 0.3 is 0 Å². The Morgan fingerprint density at radius 2 is 0.898 bits per heavy atom. The van der Waals surface area contributed by atoms with Crippen LogP contribution in [0.15, 0.2) is 174 Å². The van der Waals surface area contributed by atoms with Gasteiger partial charge in [-0.15, -0.1) is 0 Å². The smallest absolute Gasteiger partial charge is 0.136 e. The molecular formula is C46H28N2O. The van der Waals surface area contributed by atoms with Crippen LogP contribution in [0.25, 0.3) is 98.8 Å². The molecule has 0 radical (unpaired) electrons. The van der Waals surface area contributed by atoms with Crippen LogP contribution >= 0.6 is 0 Å². The lowest BCUT2D eigenvalue weighted by Gasteiger charge is -2.11. The number of para-hydroxylation sites is 3. The maximum atomic E-state index is 6.35. The molecule has 3 nitrogen and oxygen atoms in total. The van der Waals surface area contributed by atoms with Crippen LogP contribution in [0.5, 0.6) is 0 Å². The number of hydrogen-bond acceptors (Lipinski definition) is 1. The first-order chi connectivity index (χ1) is 24.3. The van der Waals surface area contributed by atoms with E-state index in [1.165, 1.54) is 71.2 Å². The molecule has 11 aromatic rings. The normalized spacial score (nSPS) is 12.1. The van der Waals surface area contributed by atoms with Gasteiger partial charge in [-0.25, -0.2) is 0 Å². The van der Waals surface area contributed by atoms with Gasteiger partial charge in [0.05, 0.1) is 22.1 Å². The van der Waals surface area contributed by atoms with E-state index in [4.69, 9.17) is 4.42 Å². The van der Waals surface area contributed by atoms with Gasteiger partial charge in [-0.05, 0) is 94.7 Å². The molecule has 0 N–H and O–H groups in total. The first kappa shape index (κ1) is 26.5. The van der Waals surface area contributed by atoms with E-state index in [1.807, 2.05) is 6.07 Å². The average molecular weight is 625 g/mol. The lowest BCUT2D eigenvalue weighted by molar-refractivity contribution is 0.669. The van der Waals surface area contributed by atoms with Crippen LogP contribution in [-0.2, 0) is 0 Å². The second-order valence-electron chi connectivity index (χ2n) is 13.0. The van der Waals surface area contributed by atoms with Crippen LogP contribution in [0.1, 0.15) is 0 Å². The number of fused-ring (bicyclic) bond motifs is 10. The molecule has 8 aromatic carbocycles. The van der Waals surface area contributed by atoms with Crippen molar-refractivity contribution in [2.75, 3.05) is 0 Å². The van der Waals surface area contributed by atoms with E-state index in [1.54, 1.807) is 0 Å². The molecule has 0 aliphatic carbocycles. The highest BCUT2D eigenvalue weighted by molar-refractivity contribution is 6.19. The summed E-state index contributed by atoms with van der Waals surface area (Å²) in [4.78, 5) is 0. The molecule has 0 aliphatic heterocycles. The van der Waals surface area contributed by atoms with Gasteiger partial charge in [0.25, 0.3) is 0 Å². The van der Waals surface area contributed by atoms with Crippen molar-refractivity contribution in [2.45, 2.75) is 0 Å². The molecule has 3 aromatic heterocycles. The maximum Gasteiger partial charge on any atom is 0.136 e. The van der Waals surface area contributed by atoms with Crippen molar-refractivity contribution in [2.24, 2.45) is 0 Å². The minimum absolute atomic E-state index is 0.916. The Hall–Kier alpha value is -6.58. The van der Waals surface area contributed by atoms with Crippen molar-refractivity contribution in [3.8, 4) is 22.5 Å². The molecule has 0 amide bonds. The number of aromatic nitrogens is 2. The summed E-state index contributed by atoms with van der Waals surface area (Å²) in [5.74, 6) is 0. The van der Waals surface area contributed by atoms with Gasteiger partial charge < -0.3 is 13.6 Å². The summed E-state index contributed by atoms with van der Waals surface area (Å²) in [6, 6.07) is 61.4. The first-order valence-corrected chi connectivity index (χ1v) is 16.8. The summed E-state index contributed by atoms with van der Waals surface area (Å²) >= 11 is 0. The summed E-state index contributed by atoms with van der Waals surface area (Å²) in [5.41, 5.74) is 11.3. The minimum atomic E-state index is 0.916. The van der Waals surface area contributed by atoms with Crippen LogP contribution in [0.4, 0.5) is 0 Å². The van der Waals surface area contributed by atoms with Gasteiger partial charge in [0.15, 0.2) is 0 Å². The highest BCUT2D eigenvalue weighted by Crippen LogP contribution is 2.40. The number of hydrogen-bond donors (Lipinski definition) is 0. The van der Waals surface area contributed by atoms with E-state index in [0.29, 0.717) is 0 Å². The van der Waals surface area contributed by atoms with Crippen molar-refractivity contribution in [3.05, 3.63) is 170 Å². The van der Waals surface area contributed by atoms with Gasteiger partial charge in [-0.1, -0.05) is 97.1 Å². The zero-order chi connectivity index (χ0) is 32.1. The molecule has 11 rings (SSSR count). The topological polar surface area (TPSA) is 23.0 Å². The van der Waals surface area contributed by atoms with Crippen LogP contribution in [0.3, 0.4) is 0 Å². The number of benzene rings is 8. The highest BCUT2D eigenvalue weighted by Gasteiger charge is 2.18. The summed E-state index contributed by atoms with van der Waals surface area (Å²) < 4.78 is 11.1. The Bertz CT molecular complexity index is 3090. The Morgan fingerprint density at radius 3 is 1.76 bits per heavy atom. The molecule has 3 heterocycles. The average Bonchev–Trinajstić information content (AvgIpc) is 3.80. The SMILES string of the molecule is c1ccc(-n2c3ccccc3c3cc(-c4ccc(-n5c6cc7ccccc7cc6c6cc7oc8ccccc8c7cc65)cc4)ccc32)cc1. The third kappa shape index (κ3) is 3.84. The monoisotopic (exact) mass is 624 g/mol. The molecule has 0 unspecified atom stereocenters. The standard InChI is InChI=1S/C46H28N2O/c1-2-12-33(13-3-1)47-41-16-8-6-14-35(41)37-25-32(20-23-42(37)47)29-18-21-34(22-19-29)48-43-26-31-11-5-4-10-30(31)24-38(43)39-28-46-40(27-44(39)48)36-15-7-9-17-45(36)49-46/h1-28H. The van der Waals surface area contributed by atoms with E-state index in [0.717, 1.165) is 27.6 Å². The Kier molecular flexibility index (Phi) is 5.38. The zero-order valence-corrected chi connectivity index (χ0v) is 26.5. The summed E-state index contributed by atoms with van der Waals surface area (Å²) in [5, 5.41) is 9.67. The van der Waals surface area contributed by atoms with Crippen molar-refractivity contribution in [1.29, 1.82) is 0 Å². The van der Waals surface area contributed by atoms with Crippen LogP contribution in [-0.4, -0.2) is 9.13 Å². The third-order valence-electron chi connectivity index (χ3n) is 10.3. The lowest BCUT2D eigenvalue weighted by Crippen LogP contribution is -1.94. The summed E-state index contributed by atoms with van der Waals surface area (Å²) in [6.07, 6.45) is 0. The molecule has 0 atom stereocenters. The molecule has 0 spiro atoms. The maximum absolute atomic E-state index is 6.35. The minimum Gasteiger partial charge on any atom is -0.456 e. The van der Waals surface area contributed by atoms with E-state index in [-0.39, 0.29) is 0 Å². The largest absolute Gasteiger partial charge is 0.456 e. The molecule has 49 heavy (non-hydrogen) atoms. The van der Waals surface area contributed by atoms with Gasteiger partial charge in [0.2, 0.25) is 0 Å². The fourth-order valence-electron chi connectivity index (χ4n) is 8.01. The molecule has 228 valence electrons. The van der Waals surface area contributed by atoms with Crippen LogP contribution in [0.2, 0.25) is 0 Å². The molecule has 0 bridgehead atoms. The van der Waals surface area contributed by atoms with Gasteiger partial charge in [0, 0.05) is 43.7 Å². The van der Waals surface area contributed by atoms with Crippen LogP contribution in [0, 0.1) is 0 Å². The highest BCUT2D eigenvalue weighted by atomic mass is 16.3. The van der Waals surface area contributed by atoms with E-state index < -0.39 is 0 Å². The molecule has 0 aliphatic rings. The Balaban J connectivity index is 1.11. The van der Waals surface area contributed by atoms with Crippen LogP contribution < -0.4 is 0 Å². The fourth-order valence-corrected chi connectivity index (χ4v) is 8.01. The van der Waals surface area contributed by atoms with Crippen molar-refractivity contribution in [3.63, 3.8) is 0 Å². The Morgan fingerprint density at radius 1 is 0.306 bits per heavy atom. The zero-order valence-electron chi connectivity index (χ0n) is 26.5. The summed E-state index contributed by atoms with van der Waals surface area (Å²) in [7, 11) is 0. The van der Waals surface area contributed by atoms with Gasteiger partial charge in [-0.2, -0.15) is 0 Å². The summed E-state index contributed by atoms with van der Waals surface area (Å²) in [6.45, 7) is 0. The second kappa shape index (κ2) is 9.96. The third-order valence-corrected chi connectivity index (χ3v) is 10.3. The van der Waals surface area contributed by atoms with Crippen molar-refractivity contribution >= 4 is 76.3 Å². The van der Waals surface area contributed by atoms with Crippen molar-refractivity contribution < 1.29 is 4.42 Å².